The summed E-state index contributed by atoms with van der Waals surface area (Å²) in [5, 5.41) is -1.01. The summed E-state index contributed by atoms with van der Waals surface area (Å²) in [6.45, 7) is 3.84. The molecule has 1 atom stereocenters. The lowest BCUT2D eigenvalue weighted by atomic mass is 10.1. The van der Waals surface area contributed by atoms with Gasteiger partial charge in [0.25, 0.3) is 10.1 Å². The third kappa shape index (κ3) is 4.06. The Morgan fingerprint density at radius 3 is 2.33 bits per heavy atom. The van der Waals surface area contributed by atoms with Crippen molar-refractivity contribution in [3.05, 3.63) is 65.7 Å². The summed E-state index contributed by atoms with van der Waals surface area (Å²) in [5.74, 6) is 0. The summed E-state index contributed by atoms with van der Waals surface area (Å²) < 4.78 is 32.5. The van der Waals surface area contributed by atoms with Gasteiger partial charge >= 0.3 is 0 Å². The highest BCUT2D eigenvalue weighted by molar-refractivity contribution is 7.86. The Hall–Kier alpha value is -1.85. The maximum atomic E-state index is 11.5. The molecule has 0 bridgehead atoms. The molecule has 0 saturated heterocycles. The molecule has 0 fully saturated rings. The van der Waals surface area contributed by atoms with Crippen LogP contribution in [-0.2, 0) is 16.7 Å². The Morgan fingerprint density at radius 1 is 1.10 bits per heavy atom. The third-order valence-corrected chi connectivity index (χ3v) is 4.52. The van der Waals surface area contributed by atoms with E-state index in [2.05, 4.69) is 0 Å². The number of hydrogen-bond acceptors (Lipinski definition) is 3. The van der Waals surface area contributed by atoms with Crippen LogP contribution in [0.3, 0.4) is 0 Å². The molecule has 2 rings (SSSR count). The van der Waals surface area contributed by atoms with Crippen LogP contribution in [0.1, 0.15) is 18.1 Å². The average Bonchev–Trinajstić information content (AvgIpc) is 2.44. The minimum absolute atomic E-state index is 0.408. The fraction of sp³-hybridized carbons (Fsp3) is 0.250. The highest BCUT2D eigenvalue weighted by Crippen LogP contribution is 2.23. The summed E-state index contributed by atoms with van der Waals surface area (Å²) in [5.41, 5.74) is 2.78. The number of benzene rings is 2. The molecule has 0 radical (unpaired) electrons. The molecule has 4 nitrogen and oxygen atoms in total. The van der Waals surface area contributed by atoms with Crippen LogP contribution in [0, 0.1) is 6.92 Å². The van der Waals surface area contributed by atoms with E-state index in [1.54, 1.807) is 4.90 Å². The second kappa shape index (κ2) is 6.28. The van der Waals surface area contributed by atoms with E-state index < -0.39 is 15.5 Å². The van der Waals surface area contributed by atoms with E-state index in [0.717, 1.165) is 16.8 Å². The molecule has 0 aromatic heterocycles. The van der Waals surface area contributed by atoms with Crippen molar-refractivity contribution in [3.63, 3.8) is 0 Å². The summed E-state index contributed by atoms with van der Waals surface area (Å²) in [6, 6.07) is 17.2. The summed E-state index contributed by atoms with van der Waals surface area (Å²) in [7, 11) is -4.16. The molecule has 21 heavy (non-hydrogen) atoms. The van der Waals surface area contributed by atoms with Crippen molar-refractivity contribution in [3.8, 4) is 0 Å². The van der Waals surface area contributed by atoms with Crippen molar-refractivity contribution in [1.29, 1.82) is 0 Å². The average molecular weight is 305 g/mol. The van der Waals surface area contributed by atoms with Crippen molar-refractivity contribution in [1.82, 2.24) is 0 Å². The van der Waals surface area contributed by atoms with Gasteiger partial charge < -0.3 is 4.90 Å². The lowest BCUT2D eigenvalue weighted by Crippen LogP contribution is -2.38. The predicted molar refractivity (Wildman–Crippen MR) is 84.8 cm³/mol. The second-order valence-electron chi connectivity index (χ2n) is 5.07. The summed E-state index contributed by atoms with van der Waals surface area (Å²) >= 11 is 0. The van der Waals surface area contributed by atoms with Crippen molar-refractivity contribution in [2.75, 3.05) is 4.90 Å². The summed E-state index contributed by atoms with van der Waals surface area (Å²) in [6.07, 6.45) is 0. The van der Waals surface area contributed by atoms with Crippen LogP contribution in [0.2, 0.25) is 0 Å². The fourth-order valence-corrected chi connectivity index (χ4v) is 2.70. The molecule has 0 aliphatic rings. The molecule has 112 valence electrons. The van der Waals surface area contributed by atoms with Crippen LogP contribution < -0.4 is 4.90 Å². The Bertz CT molecular complexity index is 698. The van der Waals surface area contributed by atoms with Gasteiger partial charge in [-0.3, -0.25) is 4.55 Å². The minimum atomic E-state index is -4.16. The predicted octanol–water partition coefficient (Wildman–Crippen LogP) is 3.24. The topological polar surface area (TPSA) is 57.6 Å². The van der Waals surface area contributed by atoms with Gasteiger partial charge in [0.05, 0.1) is 0 Å². The third-order valence-electron chi connectivity index (χ3n) is 3.40. The largest absolute Gasteiger partial charge is 0.349 e. The molecule has 2 aromatic carbocycles. The number of anilines is 1. The normalized spacial score (nSPS) is 12.9. The van der Waals surface area contributed by atoms with Crippen molar-refractivity contribution in [2.45, 2.75) is 25.8 Å². The molecule has 1 N–H and O–H groups in total. The Kier molecular flexibility index (Phi) is 4.65. The van der Waals surface area contributed by atoms with Gasteiger partial charge in [-0.25, -0.2) is 0 Å². The first kappa shape index (κ1) is 15.5. The minimum Gasteiger partial charge on any atom is -0.349 e. The Labute approximate surface area is 125 Å². The van der Waals surface area contributed by atoms with Gasteiger partial charge in [0.15, 0.2) is 5.37 Å². The van der Waals surface area contributed by atoms with Gasteiger partial charge in [0.2, 0.25) is 0 Å². The molecular formula is C16H19NO3S. The van der Waals surface area contributed by atoms with Gasteiger partial charge in [-0.2, -0.15) is 8.42 Å². The SMILES string of the molecule is Cc1cccc(N(Cc2ccccc2)C(C)S(=O)(=O)O)c1. The molecule has 1 unspecified atom stereocenters. The molecule has 0 amide bonds. The number of rotatable bonds is 5. The first-order chi connectivity index (χ1) is 9.88. The van der Waals surface area contributed by atoms with E-state index in [0.29, 0.717) is 6.54 Å². The van der Waals surface area contributed by atoms with E-state index in [1.165, 1.54) is 6.92 Å². The quantitative estimate of drug-likeness (QED) is 0.862. The Morgan fingerprint density at radius 2 is 1.76 bits per heavy atom. The first-order valence-corrected chi connectivity index (χ1v) is 8.22. The van der Waals surface area contributed by atoms with Gasteiger partial charge in [0.1, 0.15) is 0 Å². The van der Waals surface area contributed by atoms with Gasteiger partial charge in [-0.15, -0.1) is 0 Å². The van der Waals surface area contributed by atoms with Crippen LogP contribution in [-0.4, -0.2) is 18.3 Å². The zero-order chi connectivity index (χ0) is 15.5. The molecule has 0 aliphatic carbocycles. The van der Waals surface area contributed by atoms with Crippen LogP contribution in [0.5, 0.6) is 0 Å². The van der Waals surface area contributed by atoms with Crippen LogP contribution in [0.15, 0.2) is 54.6 Å². The van der Waals surface area contributed by atoms with Crippen molar-refractivity contribution in [2.24, 2.45) is 0 Å². The smallest absolute Gasteiger partial charge is 0.286 e. The highest BCUT2D eigenvalue weighted by Gasteiger charge is 2.25. The molecule has 0 spiro atoms. The fourth-order valence-electron chi connectivity index (χ4n) is 2.18. The molecule has 0 aliphatic heterocycles. The van der Waals surface area contributed by atoms with Gasteiger partial charge in [0, 0.05) is 12.2 Å². The number of nitrogens with zero attached hydrogens (tertiary/aromatic N) is 1. The van der Waals surface area contributed by atoms with E-state index in [9.17, 15) is 13.0 Å². The lowest BCUT2D eigenvalue weighted by Gasteiger charge is -2.29. The van der Waals surface area contributed by atoms with E-state index in [4.69, 9.17) is 0 Å². The standard InChI is InChI=1S/C16H19NO3S/c1-13-7-6-10-16(11-13)17(14(2)21(18,19)20)12-15-8-4-3-5-9-15/h3-11,14H,12H2,1-2H3,(H,18,19,20). The van der Waals surface area contributed by atoms with E-state index in [-0.39, 0.29) is 0 Å². The Balaban J connectivity index is 2.39. The molecule has 0 saturated carbocycles. The zero-order valence-corrected chi connectivity index (χ0v) is 12.9. The zero-order valence-electron chi connectivity index (χ0n) is 12.1. The highest BCUT2D eigenvalue weighted by atomic mass is 32.2. The number of aryl methyl sites for hydroxylation is 1. The maximum absolute atomic E-state index is 11.5. The van der Waals surface area contributed by atoms with Crippen LogP contribution in [0.25, 0.3) is 0 Å². The second-order valence-corrected chi connectivity index (χ2v) is 6.78. The molecule has 0 heterocycles. The summed E-state index contributed by atoms with van der Waals surface area (Å²) in [4.78, 5) is 1.68. The van der Waals surface area contributed by atoms with Crippen LogP contribution >= 0.6 is 0 Å². The molecule has 2 aromatic rings. The number of hydrogen-bond donors (Lipinski definition) is 1. The maximum Gasteiger partial charge on any atom is 0.286 e. The van der Waals surface area contributed by atoms with E-state index >= 15 is 0 Å². The van der Waals surface area contributed by atoms with Gasteiger partial charge in [-0.1, -0.05) is 42.5 Å². The molecule has 5 heteroatoms. The van der Waals surface area contributed by atoms with E-state index in [1.807, 2.05) is 61.5 Å². The van der Waals surface area contributed by atoms with Crippen molar-refractivity contribution < 1.29 is 13.0 Å². The van der Waals surface area contributed by atoms with Gasteiger partial charge in [-0.05, 0) is 37.1 Å². The molecular weight excluding hydrogens is 286 g/mol. The lowest BCUT2D eigenvalue weighted by molar-refractivity contribution is 0.466. The van der Waals surface area contributed by atoms with Crippen LogP contribution in [0.4, 0.5) is 5.69 Å². The first-order valence-electron chi connectivity index (χ1n) is 6.71. The van der Waals surface area contributed by atoms with Crippen molar-refractivity contribution >= 4 is 15.8 Å². The monoisotopic (exact) mass is 305 g/mol.